The van der Waals surface area contributed by atoms with Crippen LogP contribution in [0.1, 0.15) is 37.5 Å². The number of aliphatic hydroxyl groups is 1. The Hall–Kier alpha value is -3.07. The van der Waals surface area contributed by atoms with E-state index in [0.717, 1.165) is 5.56 Å². The number of nitrogens with one attached hydrogen (secondary N) is 2. The highest BCUT2D eigenvalue weighted by molar-refractivity contribution is 7.92. The van der Waals surface area contributed by atoms with E-state index >= 15 is 0 Å². The van der Waals surface area contributed by atoms with Crippen LogP contribution < -0.4 is 10.0 Å². The number of sulfonamides is 1. The second-order valence-electron chi connectivity index (χ2n) is 9.31. The van der Waals surface area contributed by atoms with Gasteiger partial charge in [-0.3, -0.25) is 9.52 Å². The van der Waals surface area contributed by atoms with Crippen molar-refractivity contribution in [2.75, 3.05) is 10.0 Å². The Morgan fingerprint density at radius 3 is 2.32 bits per heavy atom. The first-order valence-corrected chi connectivity index (χ1v) is 12.4. The van der Waals surface area contributed by atoms with Crippen molar-refractivity contribution in [1.82, 2.24) is 0 Å². The van der Waals surface area contributed by atoms with Gasteiger partial charge in [0.05, 0.1) is 4.90 Å². The van der Waals surface area contributed by atoms with Gasteiger partial charge in [-0.1, -0.05) is 56.6 Å². The molecule has 1 aliphatic heterocycles. The Morgan fingerprint density at radius 2 is 1.74 bits per heavy atom. The minimum atomic E-state index is -3.94. The molecule has 9 heteroatoms. The van der Waals surface area contributed by atoms with Gasteiger partial charge in [0.2, 0.25) is 0 Å². The summed E-state index contributed by atoms with van der Waals surface area (Å²) in [5.41, 5.74) is 0.0357. The van der Waals surface area contributed by atoms with Crippen LogP contribution in [0.4, 0.5) is 11.4 Å². The lowest BCUT2D eigenvalue weighted by atomic mass is 9.74. The molecular formula is C25H25ClN2O5S. The van der Waals surface area contributed by atoms with E-state index in [4.69, 9.17) is 11.6 Å². The summed E-state index contributed by atoms with van der Waals surface area (Å²) < 4.78 is 28.6. The van der Waals surface area contributed by atoms with Crippen molar-refractivity contribution in [2.24, 2.45) is 0 Å². The first kappa shape index (κ1) is 24.1. The van der Waals surface area contributed by atoms with Crippen LogP contribution in [0.25, 0.3) is 0 Å². The average Bonchev–Trinajstić information content (AvgIpc) is 3.05. The summed E-state index contributed by atoms with van der Waals surface area (Å²) in [5, 5.41) is 24.1. The molecule has 2 atom stereocenters. The van der Waals surface area contributed by atoms with E-state index in [1.54, 1.807) is 30.3 Å². The maximum absolute atomic E-state index is 13.0. The molecule has 0 fully saturated rings. The van der Waals surface area contributed by atoms with Gasteiger partial charge < -0.3 is 15.5 Å². The molecule has 0 saturated carbocycles. The van der Waals surface area contributed by atoms with E-state index in [0.29, 0.717) is 10.7 Å². The fourth-order valence-corrected chi connectivity index (χ4v) is 5.45. The SMILES string of the molecule is CC(C)(C)c1ccc(S(=O)(=O)Nc2ccc3c(c2)C(C(=O)O)(c2cccc(Cl)c2)C(O)N3)cc1. The van der Waals surface area contributed by atoms with Crippen LogP contribution in [-0.4, -0.2) is 30.8 Å². The number of hydrogen-bond acceptors (Lipinski definition) is 5. The van der Waals surface area contributed by atoms with Crippen LogP contribution in [-0.2, 0) is 25.6 Å². The Bertz CT molecular complexity index is 1370. The topological polar surface area (TPSA) is 116 Å². The first-order valence-electron chi connectivity index (χ1n) is 10.6. The van der Waals surface area contributed by atoms with Crippen LogP contribution in [0, 0.1) is 0 Å². The van der Waals surface area contributed by atoms with Crippen molar-refractivity contribution in [1.29, 1.82) is 0 Å². The number of anilines is 2. The summed E-state index contributed by atoms with van der Waals surface area (Å²) >= 11 is 6.10. The second kappa shape index (κ2) is 8.30. The molecule has 1 aliphatic rings. The molecule has 4 rings (SSSR count). The van der Waals surface area contributed by atoms with Crippen molar-refractivity contribution in [2.45, 2.75) is 42.7 Å². The fourth-order valence-electron chi connectivity index (χ4n) is 4.21. The average molecular weight is 501 g/mol. The van der Waals surface area contributed by atoms with Crippen molar-refractivity contribution < 1.29 is 23.4 Å². The van der Waals surface area contributed by atoms with Gasteiger partial charge in [0.1, 0.15) is 6.23 Å². The molecule has 0 bridgehead atoms. The third kappa shape index (κ3) is 4.02. The van der Waals surface area contributed by atoms with E-state index in [2.05, 4.69) is 10.0 Å². The van der Waals surface area contributed by atoms with Crippen molar-refractivity contribution in [3.05, 3.63) is 88.4 Å². The van der Waals surface area contributed by atoms with E-state index in [9.17, 15) is 23.4 Å². The van der Waals surface area contributed by atoms with Crippen molar-refractivity contribution in [3.63, 3.8) is 0 Å². The number of benzene rings is 3. The Balaban J connectivity index is 1.75. The summed E-state index contributed by atoms with van der Waals surface area (Å²) in [5.74, 6) is -1.30. The maximum Gasteiger partial charge on any atom is 0.323 e. The molecule has 0 aromatic heterocycles. The number of halogens is 1. The number of hydrogen-bond donors (Lipinski definition) is 4. The number of rotatable bonds is 5. The standard InChI is InChI=1S/C25H25ClN2O5S/c1-24(2,3)15-7-10-19(11-8-15)34(32,33)28-18-9-12-21-20(14-18)25(23(30)31,22(29)27-21)16-5-4-6-17(26)13-16/h4-14,22,27-29H,1-3H3,(H,30,31). The predicted octanol–water partition coefficient (Wildman–Crippen LogP) is 4.55. The minimum absolute atomic E-state index is 0.0819. The molecule has 2 unspecified atom stereocenters. The molecule has 3 aromatic rings. The highest BCUT2D eigenvalue weighted by Crippen LogP contribution is 2.47. The van der Waals surface area contributed by atoms with Crippen molar-refractivity contribution >= 4 is 39.0 Å². The molecule has 0 aliphatic carbocycles. The van der Waals surface area contributed by atoms with Crippen LogP contribution >= 0.6 is 11.6 Å². The normalized spacial score (nSPS) is 19.9. The Labute approximate surface area is 203 Å². The summed E-state index contributed by atoms with van der Waals surface area (Å²) in [6, 6.07) is 17.3. The molecular weight excluding hydrogens is 476 g/mol. The largest absolute Gasteiger partial charge is 0.480 e. The third-order valence-electron chi connectivity index (χ3n) is 6.05. The van der Waals surface area contributed by atoms with Gasteiger partial charge in [0.25, 0.3) is 10.0 Å². The fraction of sp³-hybridized carbons (Fsp3) is 0.240. The van der Waals surface area contributed by atoms with Gasteiger partial charge >= 0.3 is 5.97 Å². The zero-order valence-corrected chi connectivity index (χ0v) is 20.4. The van der Waals surface area contributed by atoms with Crippen LogP contribution in [0.15, 0.2) is 71.6 Å². The van der Waals surface area contributed by atoms with Crippen molar-refractivity contribution in [3.8, 4) is 0 Å². The molecule has 0 radical (unpaired) electrons. The summed E-state index contributed by atoms with van der Waals surface area (Å²) in [4.78, 5) is 12.6. The van der Waals surface area contributed by atoms with Crippen LogP contribution in [0.3, 0.4) is 0 Å². The molecule has 34 heavy (non-hydrogen) atoms. The highest BCUT2D eigenvalue weighted by Gasteiger charge is 2.54. The lowest BCUT2D eigenvalue weighted by Crippen LogP contribution is -2.46. The number of carboxylic acid groups (broad SMARTS) is 1. The molecule has 0 spiro atoms. The summed E-state index contributed by atoms with van der Waals surface area (Å²) in [6.45, 7) is 6.11. The van der Waals surface area contributed by atoms with E-state index in [-0.39, 0.29) is 27.1 Å². The van der Waals surface area contributed by atoms with Crippen LogP contribution in [0.2, 0.25) is 5.02 Å². The first-order chi connectivity index (χ1) is 15.9. The molecule has 4 N–H and O–H groups in total. The second-order valence-corrected chi connectivity index (χ2v) is 11.4. The molecule has 0 amide bonds. The maximum atomic E-state index is 13.0. The molecule has 1 heterocycles. The monoisotopic (exact) mass is 500 g/mol. The Morgan fingerprint density at radius 1 is 1.06 bits per heavy atom. The molecule has 7 nitrogen and oxygen atoms in total. The van der Waals surface area contributed by atoms with Crippen LogP contribution in [0.5, 0.6) is 0 Å². The summed E-state index contributed by atoms with van der Waals surface area (Å²) in [7, 11) is -3.94. The van der Waals surface area contributed by atoms with E-state index in [1.807, 2.05) is 20.8 Å². The third-order valence-corrected chi connectivity index (χ3v) is 7.68. The predicted molar refractivity (Wildman–Crippen MR) is 132 cm³/mol. The van der Waals surface area contributed by atoms with Gasteiger partial charge in [-0.2, -0.15) is 0 Å². The zero-order chi connectivity index (χ0) is 24.9. The number of aliphatic hydroxyl groups excluding tert-OH is 1. The number of carbonyl (C=O) groups is 1. The Kier molecular flexibility index (Phi) is 5.88. The summed E-state index contributed by atoms with van der Waals surface area (Å²) in [6.07, 6.45) is -1.49. The number of fused-ring (bicyclic) bond motifs is 1. The van der Waals surface area contributed by atoms with Gasteiger partial charge in [0, 0.05) is 22.0 Å². The van der Waals surface area contributed by atoms with E-state index in [1.165, 1.54) is 36.4 Å². The zero-order valence-electron chi connectivity index (χ0n) is 18.8. The molecule has 0 saturated heterocycles. The van der Waals surface area contributed by atoms with Gasteiger partial charge in [0.15, 0.2) is 5.41 Å². The minimum Gasteiger partial charge on any atom is -0.480 e. The van der Waals surface area contributed by atoms with Gasteiger partial charge in [-0.15, -0.1) is 0 Å². The number of aliphatic carboxylic acids is 1. The smallest absolute Gasteiger partial charge is 0.323 e. The molecule has 3 aromatic carbocycles. The highest BCUT2D eigenvalue weighted by atomic mass is 35.5. The van der Waals surface area contributed by atoms with Gasteiger partial charge in [-0.05, 0) is 59.0 Å². The quantitative estimate of drug-likeness (QED) is 0.408. The lowest BCUT2D eigenvalue weighted by Gasteiger charge is -2.29. The van der Waals surface area contributed by atoms with Gasteiger partial charge in [-0.25, -0.2) is 8.42 Å². The molecule has 178 valence electrons. The van der Waals surface area contributed by atoms with E-state index < -0.39 is 27.6 Å². The number of carboxylic acids is 1. The lowest BCUT2D eigenvalue weighted by molar-refractivity contribution is -0.145.